The Morgan fingerprint density at radius 2 is 1.97 bits per heavy atom. The minimum atomic E-state index is -1.10. The highest BCUT2D eigenvalue weighted by Crippen LogP contribution is 2.29. The van der Waals surface area contributed by atoms with Gasteiger partial charge in [-0.3, -0.25) is 4.79 Å². The van der Waals surface area contributed by atoms with E-state index in [1.54, 1.807) is 13.2 Å². The highest BCUT2D eigenvalue weighted by molar-refractivity contribution is 6.10. The van der Waals surface area contributed by atoms with E-state index in [9.17, 15) is 14.9 Å². The summed E-state index contributed by atoms with van der Waals surface area (Å²) in [6, 6.07) is 13.4. The van der Waals surface area contributed by atoms with Crippen molar-refractivity contribution in [3.8, 4) is 11.8 Å². The zero-order valence-corrected chi connectivity index (χ0v) is 16.0. The Bertz CT molecular complexity index is 1000. The first-order valence-corrected chi connectivity index (χ1v) is 9.21. The molecule has 0 bridgehead atoms. The predicted molar refractivity (Wildman–Crippen MR) is 110 cm³/mol. The van der Waals surface area contributed by atoms with E-state index in [1.165, 1.54) is 24.3 Å². The van der Waals surface area contributed by atoms with Crippen molar-refractivity contribution in [1.82, 2.24) is 0 Å². The van der Waals surface area contributed by atoms with Crippen LogP contribution in [0.15, 0.2) is 48.0 Å². The summed E-state index contributed by atoms with van der Waals surface area (Å²) in [6.07, 6.45) is 3.78. The largest absolute Gasteiger partial charge is 0.496 e. The molecular weight excluding hydrogens is 370 g/mol. The molecule has 2 aromatic carbocycles. The topological polar surface area (TPSA) is 103 Å². The first-order valence-electron chi connectivity index (χ1n) is 9.21. The first kappa shape index (κ1) is 20.0. The van der Waals surface area contributed by atoms with E-state index in [0.29, 0.717) is 17.0 Å². The highest BCUT2D eigenvalue weighted by atomic mass is 16.5. The Balaban J connectivity index is 1.83. The second-order valence-electron chi connectivity index (χ2n) is 6.63. The van der Waals surface area contributed by atoms with Gasteiger partial charge in [-0.25, -0.2) is 4.79 Å². The fourth-order valence-electron chi connectivity index (χ4n) is 3.22. The molecule has 0 aliphatic carbocycles. The third kappa shape index (κ3) is 4.74. The summed E-state index contributed by atoms with van der Waals surface area (Å²) in [6.45, 7) is 2.00. The van der Waals surface area contributed by atoms with Crippen LogP contribution in [0.1, 0.15) is 28.8 Å². The lowest BCUT2D eigenvalue weighted by molar-refractivity contribution is -0.112. The Kier molecular flexibility index (Phi) is 6.15. The number of hydrogen-bond acceptors (Lipinski definition) is 5. The molecule has 0 unspecified atom stereocenters. The van der Waals surface area contributed by atoms with Crippen LogP contribution in [-0.2, 0) is 4.79 Å². The number of amides is 1. The fourth-order valence-corrected chi connectivity index (χ4v) is 3.22. The summed E-state index contributed by atoms with van der Waals surface area (Å²) >= 11 is 0. The van der Waals surface area contributed by atoms with Gasteiger partial charge in [0.15, 0.2) is 0 Å². The number of nitriles is 1. The first-order chi connectivity index (χ1) is 14.0. The van der Waals surface area contributed by atoms with Crippen LogP contribution in [0.4, 0.5) is 11.4 Å². The number of nitrogens with zero attached hydrogens (tertiary/aromatic N) is 2. The van der Waals surface area contributed by atoms with E-state index in [2.05, 4.69) is 10.2 Å². The van der Waals surface area contributed by atoms with Gasteiger partial charge < -0.3 is 20.1 Å². The van der Waals surface area contributed by atoms with Crippen molar-refractivity contribution in [2.24, 2.45) is 0 Å². The number of hydrogen-bond donors (Lipinski definition) is 2. The average Bonchev–Trinajstić information content (AvgIpc) is 3.27. The van der Waals surface area contributed by atoms with Crippen molar-refractivity contribution >= 4 is 29.3 Å². The van der Waals surface area contributed by atoms with Crippen LogP contribution in [0.2, 0.25) is 0 Å². The Labute approximate surface area is 168 Å². The lowest BCUT2D eigenvalue weighted by Gasteiger charge is -2.19. The molecule has 0 spiro atoms. The van der Waals surface area contributed by atoms with E-state index in [1.807, 2.05) is 24.3 Å². The molecule has 7 heteroatoms. The summed E-state index contributed by atoms with van der Waals surface area (Å²) < 4.78 is 5.45. The minimum Gasteiger partial charge on any atom is -0.496 e. The number of benzene rings is 2. The monoisotopic (exact) mass is 391 g/mol. The van der Waals surface area contributed by atoms with Gasteiger partial charge >= 0.3 is 5.97 Å². The van der Waals surface area contributed by atoms with Gasteiger partial charge in [0.1, 0.15) is 17.4 Å². The van der Waals surface area contributed by atoms with Gasteiger partial charge in [-0.2, -0.15) is 5.26 Å². The molecule has 1 aliphatic rings. The van der Waals surface area contributed by atoms with Gasteiger partial charge in [0.2, 0.25) is 0 Å². The van der Waals surface area contributed by atoms with Gasteiger partial charge in [-0.15, -0.1) is 0 Å². The Morgan fingerprint density at radius 3 is 2.62 bits per heavy atom. The molecule has 2 aromatic rings. The summed E-state index contributed by atoms with van der Waals surface area (Å²) in [4.78, 5) is 25.8. The van der Waals surface area contributed by atoms with Crippen LogP contribution in [-0.4, -0.2) is 37.2 Å². The molecule has 0 atom stereocenters. The predicted octanol–water partition coefficient (Wildman–Crippen LogP) is 3.54. The molecule has 0 aromatic heterocycles. The van der Waals surface area contributed by atoms with Gasteiger partial charge in [0, 0.05) is 36.1 Å². The van der Waals surface area contributed by atoms with Crippen LogP contribution in [0.5, 0.6) is 5.75 Å². The summed E-state index contributed by atoms with van der Waals surface area (Å²) in [5.41, 5.74) is 1.89. The number of rotatable bonds is 6. The zero-order chi connectivity index (χ0) is 20.8. The van der Waals surface area contributed by atoms with E-state index in [4.69, 9.17) is 9.84 Å². The number of ether oxygens (including phenoxy) is 1. The third-order valence-corrected chi connectivity index (χ3v) is 4.72. The second kappa shape index (κ2) is 8.93. The van der Waals surface area contributed by atoms with Crippen LogP contribution in [0, 0.1) is 11.3 Å². The molecule has 1 heterocycles. The van der Waals surface area contributed by atoms with E-state index in [-0.39, 0.29) is 11.1 Å². The standard InChI is InChI=1S/C22H21N3O4/c1-29-20-13-19(25-9-2-3-10-25)8-7-15(20)11-17(14-23)21(26)24-18-6-4-5-16(12-18)22(27)28/h4-8,11-13H,2-3,9-10H2,1H3,(H,24,26)(H,27,28)/b17-11-. The highest BCUT2D eigenvalue weighted by Gasteiger charge is 2.16. The Hall–Kier alpha value is -3.79. The lowest BCUT2D eigenvalue weighted by Crippen LogP contribution is -2.17. The normalized spacial score (nSPS) is 13.7. The number of carboxylic acid groups (broad SMARTS) is 1. The molecule has 148 valence electrons. The van der Waals surface area contributed by atoms with Crippen LogP contribution in [0.3, 0.4) is 0 Å². The quantitative estimate of drug-likeness (QED) is 0.577. The van der Waals surface area contributed by atoms with Crippen molar-refractivity contribution in [2.45, 2.75) is 12.8 Å². The summed E-state index contributed by atoms with van der Waals surface area (Å²) in [5, 5.41) is 21.1. The van der Waals surface area contributed by atoms with Gasteiger partial charge in [0.05, 0.1) is 12.7 Å². The SMILES string of the molecule is COc1cc(N2CCCC2)ccc1/C=C(/C#N)C(=O)Nc1cccc(C(=O)O)c1. The van der Waals surface area contributed by atoms with Gasteiger partial charge in [0.25, 0.3) is 5.91 Å². The second-order valence-corrected chi connectivity index (χ2v) is 6.63. The molecule has 1 amide bonds. The molecule has 1 saturated heterocycles. The van der Waals surface area contributed by atoms with Crippen molar-refractivity contribution in [3.05, 3.63) is 59.2 Å². The summed E-state index contributed by atoms with van der Waals surface area (Å²) in [5.74, 6) is -1.15. The average molecular weight is 391 g/mol. The lowest BCUT2D eigenvalue weighted by atomic mass is 10.1. The van der Waals surface area contributed by atoms with Gasteiger partial charge in [-0.05, 0) is 49.2 Å². The molecule has 1 fully saturated rings. The summed E-state index contributed by atoms with van der Waals surface area (Å²) in [7, 11) is 1.55. The Morgan fingerprint density at radius 1 is 1.21 bits per heavy atom. The van der Waals surface area contributed by atoms with Crippen molar-refractivity contribution in [3.63, 3.8) is 0 Å². The zero-order valence-electron chi connectivity index (χ0n) is 16.0. The number of nitrogens with one attached hydrogen (secondary N) is 1. The maximum atomic E-state index is 12.5. The van der Waals surface area contributed by atoms with Crippen LogP contribution < -0.4 is 15.0 Å². The fraction of sp³-hybridized carbons (Fsp3) is 0.227. The molecule has 3 rings (SSSR count). The maximum Gasteiger partial charge on any atom is 0.335 e. The van der Waals surface area contributed by atoms with Crippen LogP contribution >= 0.6 is 0 Å². The van der Waals surface area contributed by atoms with Gasteiger partial charge in [-0.1, -0.05) is 6.07 Å². The molecule has 29 heavy (non-hydrogen) atoms. The van der Waals surface area contributed by atoms with Crippen molar-refractivity contribution in [2.75, 3.05) is 30.4 Å². The number of carboxylic acids is 1. The molecule has 0 radical (unpaired) electrons. The molecule has 1 aliphatic heterocycles. The molecule has 7 nitrogen and oxygen atoms in total. The molecular formula is C22H21N3O4. The third-order valence-electron chi connectivity index (χ3n) is 4.72. The number of anilines is 2. The minimum absolute atomic E-state index is 0.0458. The number of methoxy groups -OCH3 is 1. The van der Waals surface area contributed by atoms with E-state index in [0.717, 1.165) is 31.6 Å². The van der Waals surface area contributed by atoms with Crippen LogP contribution in [0.25, 0.3) is 6.08 Å². The smallest absolute Gasteiger partial charge is 0.335 e. The number of carbonyl (C=O) groups excluding carboxylic acids is 1. The van der Waals surface area contributed by atoms with Crippen molar-refractivity contribution in [1.29, 1.82) is 5.26 Å². The van der Waals surface area contributed by atoms with E-state index < -0.39 is 11.9 Å². The number of aromatic carboxylic acids is 1. The number of carbonyl (C=O) groups is 2. The molecule has 0 saturated carbocycles. The molecule has 2 N–H and O–H groups in total. The van der Waals surface area contributed by atoms with E-state index >= 15 is 0 Å². The van der Waals surface area contributed by atoms with Crippen molar-refractivity contribution < 1.29 is 19.4 Å². The maximum absolute atomic E-state index is 12.5.